The molecule has 140 valence electrons. The van der Waals surface area contributed by atoms with Gasteiger partial charge in [-0.25, -0.2) is 0 Å². The first-order valence-corrected chi connectivity index (χ1v) is 9.52. The van der Waals surface area contributed by atoms with Gasteiger partial charge in [-0.05, 0) is 24.5 Å². The Morgan fingerprint density at radius 2 is 1.96 bits per heavy atom. The van der Waals surface area contributed by atoms with Crippen LogP contribution in [-0.2, 0) is 7.05 Å². The summed E-state index contributed by atoms with van der Waals surface area (Å²) in [5.74, 6) is 0.407. The van der Waals surface area contributed by atoms with E-state index < -0.39 is 0 Å². The molecule has 1 aliphatic rings. The minimum Gasteiger partial charge on any atom is -0.351 e. The lowest BCUT2D eigenvalue weighted by molar-refractivity contribution is 0.0904. The first-order valence-electron chi connectivity index (χ1n) is 9.52. The van der Waals surface area contributed by atoms with E-state index >= 15 is 0 Å². The van der Waals surface area contributed by atoms with Crippen molar-refractivity contribution in [2.24, 2.45) is 7.05 Å². The smallest absolute Gasteiger partial charge is 0.290 e. The summed E-state index contributed by atoms with van der Waals surface area (Å²) in [6.07, 6.45) is 7.69. The Labute approximate surface area is 158 Å². The van der Waals surface area contributed by atoms with Gasteiger partial charge in [-0.15, -0.1) is 0 Å². The molecule has 4 rings (SSSR count). The molecule has 1 aromatic carbocycles. The molecule has 0 unspecified atom stereocenters. The molecule has 1 N–H and O–H groups in total. The molecule has 1 aliphatic carbocycles. The number of aryl methyl sites for hydroxylation is 1. The van der Waals surface area contributed by atoms with Gasteiger partial charge in [-0.3, -0.25) is 9.48 Å². The molecule has 1 saturated carbocycles. The van der Waals surface area contributed by atoms with Crippen LogP contribution < -0.4 is 5.32 Å². The van der Waals surface area contributed by atoms with Gasteiger partial charge < -0.3 is 9.84 Å². The second-order valence-electron chi connectivity index (χ2n) is 7.15. The predicted molar refractivity (Wildman–Crippen MR) is 101 cm³/mol. The molecule has 6 nitrogen and oxygen atoms in total. The van der Waals surface area contributed by atoms with E-state index in [4.69, 9.17) is 4.52 Å². The molecule has 1 amide bonds. The van der Waals surface area contributed by atoms with Gasteiger partial charge in [0.2, 0.25) is 5.76 Å². The Bertz CT molecular complexity index is 894. The minimum absolute atomic E-state index is 0.263. The molecule has 1 fully saturated rings. The Balaban J connectivity index is 1.55. The molecular weight excluding hydrogens is 340 g/mol. The van der Waals surface area contributed by atoms with Crippen molar-refractivity contribution in [3.05, 3.63) is 71.4 Å². The van der Waals surface area contributed by atoms with Crippen LogP contribution in [0, 0.1) is 0 Å². The minimum atomic E-state index is -0.311. The second kappa shape index (κ2) is 7.78. The SMILES string of the molecule is Cn1nccc1[C@H](NC(=O)c1cc(C2CCCCC2)no1)c1ccccc1. The molecule has 0 bridgehead atoms. The molecular formula is C21H24N4O2. The lowest BCUT2D eigenvalue weighted by Crippen LogP contribution is -2.30. The zero-order valence-corrected chi connectivity index (χ0v) is 15.5. The van der Waals surface area contributed by atoms with Gasteiger partial charge >= 0.3 is 0 Å². The molecule has 3 aromatic rings. The van der Waals surface area contributed by atoms with E-state index in [-0.39, 0.29) is 17.7 Å². The summed E-state index contributed by atoms with van der Waals surface area (Å²) in [5.41, 5.74) is 2.79. The van der Waals surface area contributed by atoms with Crippen LogP contribution >= 0.6 is 0 Å². The average molecular weight is 364 g/mol. The van der Waals surface area contributed by atoms with Crippen molar-refractivity contribution in [1.29, 1.82) is 0 Å². The molecule has 6 heteroatoms. The van der Waals surface area contributed by atoms with Crippen LogP contribution in [0.5, 0.6) is 0 Å². The number of amides is 1. The third-order valence-electron chi connectivity index (χ3n) is 5.34. The average Bonchev–Trinajstić information content (AvgIpc) is 3.37. The Morgan fingerprint density at radius 3 is 2.67 bits per heavy atom. The number of nitrogens with one attached hydrogen (secondary N) is 1. The zero-order valence-electron chi connectivity index (χ0n) is 15.5. The summed E-state index contributed by atoms with van der Waals surface area (Å²) in [5, 5.41) is 11.5. The summed E-state index contributed by atoms with van der Waals surface area (Å²) in [6, 6.07) is 13.3. The second-order valence-corrected chi connectivity index (χ2v) is 7.15. The first kappa shape index (κ1) is 17.5. The zero-order chi connectivity index (χ0) is 18.6. The largest absolute Gasteiger partial charge is 0.351 e. The standard InChI is InChI=1S/C21H24N4O2/c1-25-18(12-13-22-25)20(16-10-6-3-7-11-16)23-21(26)19-14-17(24-27-19)15-8-4-2-5-9-15/h3,6-7,10-15,20H,2,4-5,8-9H2,1H3,(H,23,26)/t20-/m1/s1. The van der Waals surface area contributed by atoms with Crippen molar-refractivity contribution in [3.8, 4) is 0 Å². The van der Waals surface area contributed by atoms with Crippen molar-refractivity contribution in [2.45, 2.75) is 44.1 Å². The number of benzene rings is 1. The van der Waals surface area contributed by atoms with E-state index in [2.05, 4.69) is 15.6 Å². The lowest BCUT2D eigenvalue weighted by atomic mass is 9.87. The number of aromatic nitrogens is 3. The first-order chi connectivity index (χ1) is 13.2. The Hall–Kier alpha value is -2.89. The highest BCUT2D eigenvalue weighted by Crippen LogP contribution is 2.32. The van der Waals surface area contributed by atoms with Crippen molar-refractivity contribution in [1.82, 2.24) is 20.3 Å². The normalized spacial score (nSPS) is 16.2. The summed E-state index contributed by atoms with van der Waals surface area (Å²) in [7, 11) is 1.87. The van der Waals surface area contributed by atoms with E-state index in [0.29, 0.717) is 5.92 Å². The van der Waals surface area contributed by atoms with Crippen molar-refractivity contribution >= 4 is 5.91 Å². The van der Waals surface area contributed by atoms with E-state index in [0.717, 1.165) is 29.8 Å². The highest BCUT2D eigenvalue weighted by molar-refractivity contribution is 5.92. The topological polar surface area (TPSA) is 73.0 Å². The fourth-order valence-electron chi connectivity index (χ4n) is 3.83. The maximum atomic E-state index is 12.9. The van der Waals surface area contributed by atoms with Gasteiger partial charge in [0.15, 0.2) is 0 Å². The van der Waals surface area contributed by atoms with Crippen molar-refractivity contribution in [2.75, 3.05) is 0 Å². The molecule has 0 aliphatic heterocycles. The van der Waals surface area contributed by atoms with E-state index in [1.54, 1.807) is 16.9 Å². The van der Waals surface area contributed by atoms with Crippen molar-refractivity contribution in [3.63, 3.8) is 0 Å². The summed E-state index contributed by atoms with van der Waals surface area (Å²) in [4.78, 5) is 12.9. The quantitative estimate of drug-likeness (QED) is 0.743. The lowest BCUT2D eigenvalue weighted by Gasteiger charge is -2.19. The monoisotopic (exact) mass is 364 g/mol. The molecule has 0 saturated heterocycles. The third-order valence-corrected chi connectivity index (χ3v) is 5.34. The van der Waals surface area contributed by atoms with Crippen LogP contribution in [0.1, 0.15) is 71.6 Å². The number of hydrogen-bond acceptors (Lipinski definition) is 4. The summed E-state index contributed by atoms with van der Waals surface area (Å²) >= 11 is 0. The van der Waals surface area contributed by atoms with Gasteiger partial charge in [0, 0.05) is 25.2 Å². The highest BCUT2D eigenvalue weighted by atomic mass is 16.5. The maximum Gasteiger partial charge on any atom is 0.290 e. The predicted octanol–water partition coefficient (Wildman–Crippen LogP) is 3.98. The van der Waals surface area contributed by atoms with Crippen molar-refractivity contribution < 1.29 is 9.32 Å². The highest BCUT2D eigenvalue weighted by Gasteiger charge is 2.25. The van der Waals surface area contributed by atoms with Crippen LogP contribution in [-0.4, -0.2) is 20.8 Å². The summed E-state index contributed by atoms with van der Waals surface area (Å²) < 4.78 is 7.15. The van der Waals surface area contributed by atoms with E-state index in [1.165, 1.54) is 19.3 Å². The summed E-state index contributed by atoms with van der Waals surface area (Å²) in [6.45, 7) is 0. The Morgan fingerprint density at radius 1 is 1.19 bits per heavy atom. The maximum absolute atomic E-state index is 12.9. The van der Waals surface area contributed by atoms with Crippen LogP contribution in [0.4, 0.5) is 0 Å². The van der Waals surface area contributed by atoms with Gasteiger partial charge in [-0.1, -0.05) is 54.8 Å². The fourth-order valence-corrected chi connectivity index (χ4v) is 3.83. The number of nitrogens with zero attached hydrogens (tertiary/aromatic N) is 3. The molecule has 1 atom stereocenters. The van der Waals surface area contributed by atoms with Gasteiger partial charge in [0.05, 0.1) is 17.4 Å². The molecule has 2 heterocycles. The molecule has 0 spiro atoms. The van der Waals surface area contributed by atoms with Crippen LogP contribution in [0.15, 0.2) is 53.2 Å². The number of carbonyl (C=O) groups is 1. The molecule has 2 aromatic heterocycles. The van der Waals surface area contributed by atoms with Crippen LogP contribution in [0.25, 0.3) is 0 Å². The van der Waals surface area contributed by atoms with Gasteiger partial charge in [0.1, 0.15) is 0 Å². The number of rotatable bonds is 5. The third kappa shape index (κ3) is 3.79. The van der Waals surface area contributed by atoms with Gasteiger partial charge in [-0.2, -0.15) is 5.10 Å². The number of hydrogen-bond donors (Lipinski definition) is 1. The van der Waals surface area contributed by atoms with Gasteiger partial charge in [0.25, 0.3) is 5.91 Å². The van der Waals surface area contributed by atoms with E-state index in [1.807, 2.05) is 43.4 Å². The van der Waals surface area contributed by atoms with Crippen LogP contribution in [0.2, 0.25) is 0 Å². The fraction of sp³-hybridized carbons (Fsp3) is 0.381. The van der Waals surface area contributed by atoms with E-state index in [9.17, 15) is 4.79 Å². The molecule has 0 radical (unpaired) electrons. The molecule has 27 heavy (non-hydrogen) atoms. The number of carbonyl (C=O) groups excluding carboxylic acids is 1. The Kier molecular flexibility index (Phi) is 5.05. The van der Waals surface area contributed by atoms with Crippen LogP contribution in [0.3, 0.4) is 0 Å².